The largest absolute Gasteiger partial charge is 0.462 e. The highest BCUT2D eigenvalue weighted by Gasteiger charge is 2.76. The van der Waals surface area contributed by atoms with E-state index < -0.39 is 35.0 Å². The van der Waals surface area contributed by atoms with Crippen molar-refractivity contribution in [2.24, 2.45) is 39.9 Å². The molecule has 33 heavy (non-hydrogen) atoms. The summed E-state index contributed by atoms with van der Waals surface area (Å²) in [4.78, 5) is 50.6. The highest BCUT2D eigenvalue weighted by Crippen LogP contribution is 2.72. The molecule has 0 saturated heterocycles. The fourth-order valence-corrected chi connectivity index (χ4v) is 8.79. The third-order valence-electron chi connectivity index (χ3n) is 9.75. The lowest BCUT2D eigenvalue weighted by Crippen LogP contribution is -2.72. The van der Waals surface area contributed by atoms with Crippen molar-refractivity contribution in [2.75, 3.05) is 0 Å². The van der Waals surface area contributed by atoms with E-state index in [1.165, 1.54) is 20.8 Å². The van der Waals surface area contributed by atoms with E-state index in [9.17, 15) is 19.2 Å². The normalized spacial score (nSPS) is 45.4. The second-order valence-corrected chi connectivity index (χ2v) is 11.8. The average Bonchev–Trinajstić information content (AvgIpc) is 2.87. The molecule has 0 radical (unpaired) electrons. The zero-order valence-corrected chi connectivity index (χ0v) is 20.9. The van der Waals surface area contributed by atoms with Crippen LogP contribution < -0.4 is 0 Å². The Morgan fingerprint density at radius 1 is 0.879 bits per heavy atom. The first-order chi connectivity index (χ1) is 15.3. The van der Waals surface area contributed by atoms with Crippen LogP contribution in [0.25, 0.3) is 0 Å². The van der Waals surface area contributed by atoms with Crippen LogP contribution in [0.3, 0.4) is 0 Å². The maximum absolute atomic E-state index is 14.0. The van der Waals surface area contributed by atoms with Crippen LogP contribution in [-0.2, 0) is 33.4 Å². The van der Waals surface area contributed by atoms with E-state index in [4.69, 9.17) is 14.2 Å². The summed E-state index contributed by atoms with van der Waals surface area (Å²) in [7, 11) is 0. The molecule has 0 heterocycles. The summed E-state index contributed by atoms with van der Waals surface area (Å²) < 4.78 is 17.7. The lowest BCUT2D eigenvalue weighted by Gasteiger charge is -2.67. The molecule has 0 aromatic carbocycles. The molecular weight excluding hydrogens is 424 g/mol. The van der Waals surface area contributed by atoms with Crippen molar-refractivity contribution in [3.63, 3.8) is 0 Å². The van der Waals surface area contributed by atoms with Gasteiger partial charge in [-0.15, -0.1) is 0 Å². The number of esters is 3. The molecule has 0 aromatic rings. The number of carbonyl (C=O) groups excluding carboxylic acids is 4. The molecule has 2 bridgehead atoms. The van der Waals surface area contributed by atoms with Gasteiger partial charge in [-0.2, -0.15) is 0 Å². The van der Waals surface area contributed by atoms with Crippen LogP contribution in [-0.4, -0.2) is 42.0 Å². The molecule has 4 rings (SSSR count). The van der Waals surface area contributed by atoms with Gasteiger partial charge in [0, 0.05) is 38.0 Å². The number of ether oxygens (including phenoxy) is 3. The second kappa shape index (κ2) is 7.81. The Hall–Kier alpha value is -1.92. The molecule has 0 N–H and O–H groups in total. The molecule has 184 valence electrons. The Bertz CT molecular complexity index is 878. The van der Waals surface area contributed by atoms with E-state index in [2.05, 4.69) is 6.92 Å². The summed E-state index contributed by atoms with van der Waals surface area (Å²) in [6, 6.07) is 0. The Labute approximate surface area is 196 Å². The first-order valence-corrected chi connectivity index (χ1v) is 12.3. The van der Waals surface area contributed by atoms with Crippen LogP contribution in [0.5, 0.6) is 0 Å². The number of hydrogen-bond donors (Lipinski definition) is 0. The van der Waals surface area contributed by atoms with Crippen molar-refractivity contribution in [2.45, 2.75) is 98.9 Å². The first kappa shape index (κ1) is 24.2. The fraction of sp³-hybridized carbons (Fsp3) is 0.846. The molecular formula is C26H38O7. The van der Waals surface area contributed by atoms with Gasteiger partial charge in [-0.1, -0.05) is 27.7 Å². The predicted molar refractivity (Wildman–Crippen MR) is 119 cm³/mol. The topological polar surface area (TPSA) is 96.0 Å². The molecule has 0 aliphatic heterocycles. The Morgan fingerprint density at radius 3 is 2.06 bits per heavy atom. The highest BCUT2D eigenvalue weighted by molar-refractivity contribution is 5.91. The van der Waals surface area contributed by atoms with Crippen LogP contribution in [0.4, 0.5) is 0 Å². The van der Waals surface area contributed by atoms with Crippen LogP contribution in [0, 0.1) is 39.9 Å². The minimum absolute atomic E-state index is 0.0115. The van der Waals surface area contributed by atoms with Crippen molar-refractivity contribution in [1.29, 1.82) is 0 Å². The quantitative estimate of drug-likeness (QED) is 0.464. The molecule has 1 spiro atoms. The number of Topliss-reactive ketones (excluding diaryl/α,β-unsaturated/α-hetero) is 1. The summed E-state index contributed by atoms with van der Waals surface area (Å²) in [6.07, 6.45) is 1.99. The lowest BCUT2D eigenvalue weighted by atomic mass is 9.39. The lowest BCUT2D eigenvalue weighted by molar-refractivity contribution is -0.272. The molecule has 4 aliphatic carbocycles. The number of hydrogen-bond acceptors (Lipinski definition) is 7. The smallest absolute Gasteiger partial charge is 0.303 e. The molecule has 0 amide bonds. The number of carbonyl (C=O) groups is 4. The minimum atomic E-state index is -0.844. The van der Waals surface area contributed by atoms with E-state index in [1.807, 2.05) is 20.8 Å². The minimum Gasteiger partial charge on any atom is -0.462 e. The van der Waals surface area contributed by atoms with Crippen molar-refractivity contribution >= 4 is 23.7 Å². The van der Waals surface area contributed by atoms with Gasteiger partial charge in [0.25, 0.3) is 0 Å². The molecule has 4 aliphatic rings. The van der Waals surface area contributed by atoms with Crippen LogP contribution >= 0.6 is 0 Å². The maximum atomic E-state index is 14.0. The van der Waals surface area contributed by atoms with Crippen LogP contribution in [0.2, 0.25) is 0 Å². The fourth-order valence-electron chi connectivity index (χ4n) is 8.79. The number of rotatable bonds is 3. The average molecular weight is 463 g/mol. The monoisotopic (exact) mass is 462 g/mol. The van der Waals surface area contributed by atoms with Gasteiger partial charge in [0.05, 0.1) is 5.41 Å². The Balaban J connectivity index is 1.92. The van der Waals surface area contributed by atoms with Crippen molar-refractivity contribution in [1.82, 2.24) is 0 Å². The standard InChI is InChI=1S/C26H38O7/c1-13-17-8-9-18-25(7)11-10-19(31-14(2)27)24(5,6)21(25)20(32-15(3)28)23(33-16(4)29)26(18,12-17)22(13)30/h13,17-21,23H,8-12H2,1-7H3/t13-,17-,18+,19-,20+,21?,23-,25+,26+/m1/s1. The third kappa shape index (κ3) is 3.35. The van der Waals surface area contributed by atoms with Gasteiger partial charge in [0.15, 0.2) is 6.10 Å². The third-order valence-corrected chi connectivity index (χ3v) is 9.75. The molecule has 1 unspecified atom stereocenters. The Kier molecular flexibility index (Phi) is 5.73. The van der Waals surface area contributed by atoms with Crippen molar-refractivity contribution < 1.29 is 33.4 Å². The summed E-state index contributed by atoms with van der Waals surface area (Å²) in [5.41, 5.74) is -1.73. The summed E-state index contributed by atoms with van der Waals surface area (Å²) in [5, 5.41) is 0. The van der Waals surface area contributed by atoms with Gasteiger partial charge < -0.3 is 14.2 Å². The zero-order chi connectivity index (χ0) is 24.5. The van der Waals surface area contributed by atoms with Crippen molar-refractivity contribution in [3.05, 3.63) is 0 Å². The summed E-state index contributed by atoms with van der Waals surface area (Å²) in [6.45, 7) is 12.4. The molecule has 7 heteroatoms. The first-order valence-electron chi connectivity index (χ1n) is 12.3. The molecule has 4 fully saturated rings. The Morgan fingerprint density at radius 2 is 1.48 bits per heavy atom. The zero-order valence-electron chi connectivity index (χ0n) is 20.9. The van der Waals surface area contributed by atoms with E-state index in [0.717, 1.165) is 19.3 Å². The van der Waals surface area contributed by atoms with Crippen LogP contribution in [0.15, 0.2) is 0 Å². The van der Waals surface area contributed by atoms with E-state index in [-0.39, 0.29) is 46.9 Å². The maximum Gasteiger partial charge on any atom is 0.303 e. The summed E-state index contributed by atoms with van der Waals surface area (Å²) >= 11 is 0. The molecule has 0 aromatic heterocycles. The van der Waals surface area contributed by atoms with E-state index >= 15 is 0 Å². The summed E-state index contributed by atoms with van der Waals surface area (Å²) in [5.74, 6) is -1.21. The highest BCUT2D eigenvalue weighted by atomic mass is 16.6. The molecule has 4 saturated carbocycles. The van der Waals surface area contributed by atoms with Crippen LogP contribution in [0.1, 0.15) is 80.6 Å². The molecule has 7 nitrogen and oxygen atoms in total. The molecule has 9 atom stereocenters. The van der Waals surface area contributed by atoms with E-state index in [0.29, 0.717) is 12.8 Å². The van der Waals surface area contributed by atoms with Gasteiger partial charge in [-0.05, 0) is 49.4 Å². The van der Waals surface area contributed by atoms with Gasteiger partial charge in [-0.25, -0.2) is 0 Å². The number of fused-ring (bicyclic) bond motifs is 3. The predicted octanol–water partition coefficient (Wildman–Crippen LogP) is 3.86. The van der Waals surface area contributed by atoms with Gasteiger partial charge >= 0.3 is 17.9 Å². The van der Waals surface area contributed by atoms with Gasteiger partial charge in [0.2, 0.25) is 0 Å². The van der Waals surface area contributed by atoms with Crippen molar-refractivity contribution in [3.8, 4) is 0 Å². The second-order valence-electron chi connectivity index (χ2n) is 11.8. The number of ketones is 1. The van der Waals surface area contributed by atoms with E-state index in [1.54, 1.807) is 0 Å². The van der Waals surface area contributed by atoms with Gasteiger partial charge in [-0.3, -0.25) is 19.2 Å². The SMILES string of the molecule is CC(=O)O[C@@H]1[C@@H](OC(C)=O)C2C(C)(C)[C@H](OC(C)=O)CC[C@@]2(C)[C@@H]2CC[C@@H]3C[C@]12C(=O)[C@@H]3C. The van der Waals surface area contributed by atoms with Gasteiger partial charge in [0.1, 0.15) is 18.0 Å².